The molecular formula is C26H30N4O3. The summed E-state index contributed by atoms with van der Waals surface area (Å²) in [5.41, 5.74) is 1.99. The monoisotopic (exact) mass is 446 g/mol. The maximum absolute atomic E-state index is 14.0. The molecule has 3 aliphatic rings. The minimum atomic E-state index is -1.30. The predicted molar refractivity (Wildman–Crippen MR) is 126 cm³/mol. The molecule has 0 bridgehead atoms. The zero-order valence-electron chi connectivity index (χ0n) is 19.2. The minimum absolute atomic E-state index is 0.255. The summed E-state index contributed by atoms with van der Waals surface area (Å²) in [5.74, 6) is -0.702. The van der Waals surface area contributed by atoms with Gasteiger partial charge in [-0.2, -0.15) is 0 Å². The molecule has 3 heterocycles. The van der Waals surface area contributed by atoms with Crippen LogP contribution in [0.4, 0.5) is 10.5 Å². The van der Waals surface area contributed by atoms with Crippen LogP contribution in [0.1, 0.15) is 25.0 Å². The number of amides is 4. The van der Waals surface area contributed by atoms with E-state index in [9.17, 15) is 14.4 Å². The number of hydrogen-bond acceptors (Lipinski definition) is 5. The standard InChI is InChI=1S/C26H30N4O3/c1-3-28-23(31)26(24(32)29(4-2)25(28)33)16-20-12-8-9-13-21(20)30-15-14-27(18-22(26)30)17-19-10-6-5-7-11-19/h5-13,22H,3-4,14-18H2,1-2H3. The molecule has 33 heavy (non-hydrogen) atoms. The second-order valence-electron chi connectivity index (χ2n) is 9.09. The van der Waals surface area contributed by atoms with Crippen LogP contribution in [0.15, 0.2) is 54.6 Å². The molecule has 2 fully saturated rings. The molecule has 3 aliphatic heterocycles. The lowest BCUT2D eigenvalue weighted by Gasteiger charge is -2.56. The first-order valence-corrected chi connectivity index (χ1v) is 11.8. The van der Waals surface area contributed by atoms with E-state index in [1.165, 1.54) is 15.4 Å². The lowest BCUT2D eigenvalue weighted by atomic mass is 9.67. The number of urea groups is 1. The van der Waals surface area contributed by atoms with Gasteiger partial charge in [0.05, 0.1) is 6.04 Å². The Balaban J connectivity index is 1.59. The van der Waals surface area contributed by atoms with Crippen molar-refractivity contribution >= 4 is 23.5 Å². The molecule has 2 aromatic carbocycles. The minimum Gasteiger partial charge on any atom is -0.364 e. The second-order valence-corrected chi connectivity index (χ2v) is 9.09. The number of carbonyl (C=O) groups excluding carboxylic acids is 3. The van der Waals surface area contributed by atoms with Gasteiger partial charge in [-0.25, -0.2) is 4.79 Å². The van der Waals surface area contributed by atoms with Crippen LogP contribution in [0.2, 0.25) is 0 Å². The van der Waals surface area contributed by atoms with E-state index in [1.807, 2.05) is 36.4 Å². The lowest BCUT2D eigenvalue weighted by molar-refractivity contribution is -0.161. The lowest BCUT2D eigenvalue weighted by Crippen LogP contribution is -2.75. The van der Waals surface area contributed by atoms with Gasteiger partial charge in [-0.3, -0.25) is 24.3 Å². The van der Waals surface area contributed by atoms with Crippen molar-refractivity contribution in [3.05, 3.63) is 65.7 Å². The first-order chi connectivity index (χ1) is 16.0. The summed E-state index contributed by atoms with van der Waals surface area (Å²) in [7, 11) is 0. The molecule has 0 radical (unpaired) electrons. The number of para-hydroxylation sites is 1. The molecule has 1 atom stereocenters. The predicted octanol–water partition coefficient (Wildman–Crippen LogP) is 2.75. The van der Waals surface area contributed by atoms with Crippen molar-refractivity contribution in [3.63, 3.8) is 0 Å². The van der Waals surface area contributed by atoms with E-state index >= 15 is 0 Å². The van der Waals surface area contributed by atoms with Crippen LogP contribution in [-0.2, 0) is 22.6 Å². The number of piperazine rings is 1. The maximum Gasteiger partial charge on any atom is 0.333 e. The van der Waals surface area contributed by atoms with Gasteiger partial charge in [-0.05, 0) is 37.5 Å². The average Bonchev–Trinajstić information content (AvgIpc) is 2.84. The van der Waals surface area contributed by atoms with Crippen molar-refractivity contribution < 1.29 is 14.4 Å². The van der Waals surface area contributed by atoms with Gasteiger partial charge in [-0.15, -0.1) is 0 Å². The van der Waals surface area contributed by atoms with E-state index < -0.39 is 11.4 Å². The summed E-state index contributed by atoms with van der Waals surface area (Å²) in [6, 6.07) is 17.5. The molecule has 0 aliphatic carbocycles. The molecule has 1 unspecified atom stereocenters. The normalized spacial score (nSPS) is 22.5. The van der Waals surface area contributed by atoms with E-state index in [2.05, 4.69) is 28.0 Å². The topological polar surface area (TPSA) is 64.2 Å². The Morgan fingerprint density at radius 2 is 1.48 bits per heavy atom. The number of anilines is 1. The van der Waals surface area contributed by atoms with Gasteiger partial charge >= 0.3 is 6.03 Å². The Hall–Kier alpha value is -3.19. The molecule has 1 spiro atoms. The number of carbonyl (C=O) groups is 3. The largest absolute Gasteiger partial charge is 0.364 e. The fourth-order valence-corrected chi connectivity index (χ4v) is 5.78. The van der Waals surface area contributed by atoms with Crippen LogP contribution in [-0.4, -0.2) is 71.3 Å². The van der Waals surface area contributed by atoms with Crippen LogP contribution in [0, 0.1) is 5.41 Å². The Morgan fingerprint density at radius 3 is 2.15 bits per heavy atom. The van der Waals surface area contributed by atoms with Gasteiger partial charge < -0.3 is 4.90 Å². The van der Waals surface area contributed by atoms with Crippen molar-refractivity contribution in [1.82, 2.24) is 14.7 Å². The Morgan fingerprint density at radius 1 is 0.848 bits per heavy atom. The molecule has 5 rings (SSSR count). The van der Waals surface area contributed by atoms with Crippen LogP contribution >= 0.6 is 0 Å². The summed E-state index contributed by atoms with van der Waals surface area (Å²) < 4.78 is 0. The Labute approximate surface area is 194 Å². The number of benzene rings is 2. The number of rotatable bonds is 4. The number of imide groups is 2. The first kappa shape index (κ1) is 21.6. The average molecular weight is 447 g/mol. The van der Waals surface area contributed by atoms with E-state index in [4.69, 9.17) is 0 Å². The van der Waals surface area contributed by atoms with E-state index in [-0.39, 0.29) is 30.9 Å². The third-order valence-electron chi connectivity index (χ3n) is 7.40. The van der Waals surface area contributed by atoms with E-state index in [0.717, 1.165) is 30.9 Å². The number of nitrogens with zero attached hydrogens (tertiary/aromatic N) is 4. The quantitative estimate of drug-likeness (QED) is 0.676. The smallest absolute Gasteiger partial charge is 0.333 e. The Kier molecular flexibility index (Phi) is 5.44. The molecule has 4 amide bonds. The molecule has 0 N–H and O–H groups in total. The molecule has 7 heteroatoms. The van der Waals surface area contributed by atoms with Gasteiger partial charge in [0.25, 0.3) is 0 Å². The first-order valence-electron chi connectivity index (χ1n) is 11.8. The summed E-state index contributed by atoms with van der Waals surface area (Å²) in [4.78, 5) is 48.0. The van der Waals surface area contributed by atoms with Gasteiger partial charge in [0.1, 0.15) is 0 Å². The van der Waals surface area contributed by atoms with Crippen LogP contribution in [0.5, 0.6) is 0 Å². The van der Waals surface area contributed by atoms with Crippen LogP contribution in [0.25, 0.3) is 0 Å². The van der Waals surface area contributed by atoms with Crippen molar-refractivity contribution in [2.45, 2.75) is 32.9 Å². The summed E-state index contributed by atoms with van der Waals surface area (Å²) in [6.07, 6.45) is 0.321. The summed E-state index contributed by atoms with van der Waals surface area (Å²) >= 11 is 0. The second kappa shape index (κ2) is 8.30. The number of barbiturate groups is 1. The number of fused-ring (bicyclic) bond motifs is 4. The fraction of sp³-hybridized carbons (Fsp3) is 0.423. The fourth-order valence-electron chi connectivity index (χ4n) is 5.78. The van der Waals surface area contributed by atoms with Crippen molar-refractivity contribution in [2.75, 3.05) is 37.6 Å². The Bertz CT molecular complexity index is 1060. The molecule has 0 aromatic heterocycles. The van der Waals surface area contributed by atoms with Crippen molar-refractivity contribution in [2.24, 2.45) is 5.41 Å². The zero-order chi connectivity index (χ0) is 23.2. The molecule has 0 saturated carbocycles. The molecular weight excluding hydrogens is 416 g/mol. The van der Waals surface area contributed by atoms with Crippen molar-refractivity contribution in [1.29, 1.82) is 0 Å². The van der Waals surface area contributed by atoms with Crippen LogP contribution < -0.4 is 4.90 Å². The van der Waals surface area contributed by atoms with Gasteiger partial charge in [-0.1, -0.05) is 48.5 Å². The SMILES string of the molecule is CCN1C(=O)N(CC)C(=O)C2(Cc3ccccc3N3CCN(Cc4ccccc4)CC32)C1=O. The van der Waals surface area contributed by atoms with Crippen LogP contribution in [0.3, 0.4) is 0 Å². The highest BCUT2D eigenvalue weighted by atomic mass is 16.2. The highest BCUT2D eigenvalue weighted by Gasteiger charge is 2.64. The van der Waals surface area contributed by atoms with E-state index in [0.29, 0.717) is 13.0 Å². The van der Waals surface area contributed by atoms with Crippen molar-refractivity contribution in [3.8, 4) is 0 Å². The maximum atomic E-state index is 14.0. The highest BCUT2D eigenvalue weighted by molar-refractivity contribution is 6.20. The molecule has 172 valence electrons. The van der Waals surface area contributed by atoms with E-state index in [1.54, 1.807) is 13.8 Å². The zero-order valence-corrected chi connectivity index (χ0v) is 19.2. The number of hydrogen-bond donors (Lipinski definition) is 0. The molecule has 2 aromatic rings. The van der Waals surface area contributed by atoms with Gasteiger partial charge in [0, 0.05) is 45.0 Å². The third kappa shape index (κ3) is 3.25. The third-order valence-corrected chi connectivity index (χ3v) is 7.40. The molecule has 2 saturated heterocycles. The van der Waals surface area contributed by atoms with Gasteiger partial charge in [0.15, 0.2) is 5.41 Å². The molecule has 7 nitrogen and oxygen atoms in total. The summed E-state index contributed by atoms with van der Waals surface area (Å²) in [5, 5.41) is 0. The highest BCUT2D eigenvalue weighted by Crippen LogP contribution is 2.47. The van der Waals surface area contributed by atoms with Gasteiger partial charge in [0.2, 0.25) is 11.8 Å². The summed E-state index contributed by atoms with van der Waals surface area (Å²) in [6.45, 7) is 7.02.